The van der Waals surface area contributed by atoms with Gasteiger partial charge in [0.1, 0.15) is 5.82 Å². The van der Waals surface area contributed by atoms with E-state index in [2.05, 4.69) is 16.4 Å². The molecular formula is C22H27N3O. The van der Waals surface area contributed by atoms with Crippen LogP contribution in [0.1, 0.15) is 49.4 Å². The summed E-state index contributed by atoms with van der Waals surface area (Å²) in [7, 11) is 0. The molecule has 136 valence electrons. The Morgan fingerprint density at radius 3 is 2.65 bits per heavy atom. The van der Waals surface area contributed by atoms with Crippen LogP contribution in [0.15, 0.2) is 60.3 Å². The molecule has 0 unspecified atom stereocenters. The summed E-state index contributed by atoms with van der Waals surface area (Å²) in [6.45, 7) is 3.49. The fraction of sp³-hybridized carbons (Fsp3) is 0.364. The lowest BCUT2D eigenvalue weighted by atomic mass is 9.97. The molecule has 1 N–H and O–H groups in total. The molecule has 1 aliphatic carbocycles. The number of carbonyl (C=O) groups is 1. The number of aromatic nitrogens is 1. The Balaban J connectivity index is 1.57. The van der Waals surface area contributed by atoms with Crippen molar-refractivity contribution >= 4 is 17.4 Å². The lowest BCUT2D eigenvalue weighted by Gasteiger charge is -2.21. The predicted octanol–water partition coefficient (Wildman–Crippen LogP) is 5.05. The third-order valence-corrected chi connectivity index (χ3v) is 4.78. The molecule has 4 nitrogen and oxygen atoms in total. The highest BCUT2D eigenvalue weighted by Crippen LogP contribution is 2.20. The number of pyridine rings is 1. The number of hydrogen-bond acceptors (Lipinski definition) is 3. The van der Waals surface area contributed by atoms with Gasteiger partial charge in [0, 0.05) is 25.0 Å². The number of benzene rings is 1. The summed E-state index contributed by atoms with van der Waals surface area (Å²) in [6.07, 6.45) is 10.2. The van der Waals surface area contributed by atoms with Gasteiger partial charge in [-0.2, -0.15) is 0 Å². The Bertz CT molecular complexity index is 738. The Kier molecular flexibility index (Phi) is 6.42. The van der Waals surface area contributed by atoms with Crippen molar-refractivity contribution in [3.8, 4) is 0 Å². The van der Waals surface area contributed by atoms with Crippen LogP contribution < -0.4 is 10.2 Å². The Hall–Kier alpha value is -2.62. The molecule has 1 heterocycles. The number of nitrogens with zero attached hydrogens (tertiary/aromatic N) is 2. The normalized spacial score (nSPS) is 13.8. The van der Waals surface area contributed by atoms with Crippen molar-refractivity contribution in [2.24, 2.45) is 0 Å². The van der Waals surface area contributed by atoms with Crippen LogP contribution >= 0.6 is 0 Å². The van der Waals surface area contributed by atoms with Crippen molar-refractivity contribution in [1.29, 1.82) is 0 Å². The Labute approximate surface area is 155 Å². The van der Waals surface area contributed by atoms with Gasteiger partial charge in [-0.05, 0) is 63.3 Å². The van der Waals surface area contributed by atoms with Gasteiger partial charge >= 0.3 is 0 Å². The first-order valence-electron chi connectivity index (χ1n) is 9.52. The third kappa shape index (κ3) is 4.72. The van der Waals surface area contributed by atoms with E-state index < -0.39 is 0 Å². The van der Waals surface area contributed by atoms with Crippen molar-refractivity contribution in [1.82, 2.24) is 4.98 Å². The minimum Gasteiger partial charge on any atom is -0.370 e. The monoisotopic (exact) mass is 349 g/mol. The molecule has 3 rings (SSSR count). The molecule has 0 spiro atoms. The number of allylic oxidation sites excluding steroid dienone is 1. The second kappa shape index (κ2) is 9.18. The number of carbonyl (C=O) groups excluding carboxylic acids is 1. The number of para-hydroxylation sites is 1. The van der Waals surface area contributed by atoms with Gasteiger partial charge < -0.3 is 10.2 Å². The largest absolute Gasteiger partial charge is 0.370 e. The molecule has 4 heteroatoms. The molecule has 0 bridgehead atoms. The topological polar surface area (TPSA) is 45.2 Å². The molecule has 0 saturated carbocycles. The van der Waals surface area contributed by atoms with Gasteiger partial charge in [-0.3, -0.25) is 4.79 Å². The second-order valence-corrected chi connectivity index (χ2v) is 6.60. The lowest BCUT2D eigenvalue weighted by Crippen LogP contribution is -2.30. The van der Waals surface area contributed by atoms with E-state index in [1.54, 1.807) is 16.7 Å². The Morgan fingerprint density at radius 2 is 2.00 bits per heavy atom. The molecular weight excluding hydrogens is 322 g/mol. The van der Waals surface area contributed by atoms with Crippen molar-refractivity contribution < 1.29 is 4.79 Å². The zero-order valence-electron chi connectivity index (χ0n) is 15.4. The predicted molar refractivity (Wildman–Crippen MR) is 108 cm³/mol. The quantitative estimate of drug-likeness (QED) is 0.711. The molecule has 0 aliphatic heterocycles. The van der Waals surface area contributed by atoms with Crippen molar-refractivity contribution in [2.45, 2.75) is 39.0 Å². The number of hydrogen-bond donors (Lipinski definition) is 1. The van der Waals surface area contributed by atoms with E-state index in [0.29, 0.717) is 12.1 Å². The van der Waals surface area contributed by atoms with Crippen LogP contribution in [0.4, 0.5) is 11.5 Å². The highest BCUT2D eigenvalue weighted by Gasteiger charge is 2.16. The summed E-state index contributed by atoms with van der Waals surface area (Å²) >= 11 is 0. The molecule has 0 atom stereocenters. The maximum absolute atomic E-state index is 12.8. The van der Waals surface area contributed by atoms with Crippen LogP contribution in [-0.2, 0) is 0 Å². The molecule has 0 fully saturated rings. The van der Waals surface area contributed by atoms with Gasteiger partial charge in [-0.25, -0.2) is 4.98 Å². The number of rotatable bonds is 7. The second-order valence-electron chi connectivity index (χ2n) is 6.60. The molecule has 0 radical (unpaired) electrons. The smallest absolute Gasteiger partial charge is 0.259 e. The van der Waals surface area contributed by atoms with Gasteiger partial charge in [0.25, 0.3) is 5.91 Å². The molecule has 0 saturated heterocycles. The van der Waals surface area contributed by atoms with Gasteiger partial charge in [0.05, 0.1) is 5.56 Å². The first-order valence-corrected chi connectivity index (χ1v) is 9.52. The first kappa shape index (κ1) is 18.2. The van der Waals surface area contributed by atoms with Crippen LogP contribution in [0.3, 0.4) is 0 Å². The maximum Gasteiger partial charge on any atom is 0.259 e. The molecule has 1 aromatic heterocycles. The van der Waals surface area contributed by atoms with Crippen LogP contribution in [0.25, 0.3) is 0 Å². The highest BCUT2D eigenvalue weighted by atomic mass is 16.2. The standard InChI is InChI=1S/C22H27N3O/c1-2-25(20-11-7-4-8-12-20)22(26)19-13-14-21(24-17-19)23-16-15-18-9-5-3-6-10-18/h4,7-9,11-14,17H,2-3,5-6,10,15-16H2,1H3,(H,23,24). The Morgan fingerprint density at radius 1 is 1.15 bits per heavy atom. The van der Waals surface area contributed by atoms with E-state index in [4.69, 9.17) is 0 Å². The highest BCUT2D eigenvalue weighted by molar-refractivity contribution is 6.05. The summed E-state index contributed by atoms with van der Waals surface area (Å²) in [5, 5.41) is 3.36. The minimum absolute atomic E-state index is 0.0230. The summed E-state index contributed by atoms with van der Waals surface area (Å²) in [5.41, 5.74) is 3.07. The average molecular weight is 349 g/mol. The number of anilines is 2. The summed E-state index contributed by atoms with van der Waals surface area (Å²) in [5.74, 6) is 0.797. The third-order valence-electron chi connectivity index (χ3n) is 4.78. The fourth-order valence-electron chi connectivity index (χ4n) is 3.31. The maximum atomic E-state index is 12.8. The van der Waals surface area contributed by atoms with Crippen LogP contribution in [0.2, 0.25) is 0 Å². The van der Waals surface area contributed by atoms with Gasteiger partial charge in [0.15, 0.2) is 0 Å². The van der Waals surface area contributed by atoms with Crippen LogP contribution in [0.5, 0.6) is 0 Å². The van der Waals surface area contributed by atoms with E-state index in [0.717, 1.165) is 24.5 Å². The molecule has 26 heavy (non-hydrogen) atoms. The minimum atomic E-state index is -0.0230. The molecule has 1 amide bonds. The molecule has 2 aromatic rings. The van der Waals surface area contributed by atoms with Crippen molar-refractivity contribution in [2.75, 3.05) is 23.3 Å². The number of nitrogens with one attached hydrogen (secondary N) is 1. The van der Waals surface area contributed by atoms with Crippen LogP contribution in [-0.4, -0.2) is 24.0 Å². The van der Waals surface area contributed by atoms with E-state index in [-0.39, 0.29) is 5.91 Å². The van der Waals surface area contributed by atoms with E-state index >= 15 is 0 Å². The molecule has 1 aliphatic rings. The zero-order valence-corrected chi connectivity index (χ0v) is 15.4. The zero-order chi connectivity index (χ0) is 18.2. The van der Waals surface area contributed by atoms with E-state index in [1.165, 1.54) is 25.7 Å². The fourth-order valence-corrected chi connectivity index (χ4v) is 3.31. The number of amides is 1. The van der Waals surface area contributed by atoms with E-state index in [9.17, 15) is 4.79 Å². The summed E-state index contributed by atoms with van der Waals surface area (Å²) in [6, 6.07) is 13.5. The van der Waals surface area contributed by atoms with E-state index in [1.807, 2.05) is 49.4 Å². The summed E-state index contributed by atoms with van der Waals surface area (Å²) in [4.78, 5) is 18.9. The van der Waals surface area contributed by atoms with Gasteiger partial charge in [-0.1, -0.05) is 29.8 Å². The SMILES string of the molecule is CCN(C(=O)c1ccc(NCCC2=CCCCC2)nc1)c1ccccc1. The lowest BCUT2D eigenvalue weighted by molar-refractivity contribution is 0.0988. The van der Waals surface area contributed by atoms with Gasteiger partial charge in [-0.15, -0.1) is 0 Å². The van der Waals surface area contributed by atoms with Gasteiger partial charge in [0.2, 0.25) is 0 Å². The van der Waals surface area contributed by atoms with Crippen molar-refractivity contribution in [3.05, 3.63) is 65.9 Å². The summed E-state index contributed by atoms with van der Waals surface area (Å²) < 4.78 is 0. The molecule has 1 aromatic carbocycles. The average Bonchev–Trinajstić information content (AvgIpc) is 2.71. The van der Waals surface area contributed by atoms with Crippen LogP contribution in [0, 0.1) is 0 Å². The van der Waals surface area contributed by atoms with Crippen molar-refractivity contribution in [3.63, 3.8) is 0 Å². The first-order chi connectivity index (χ1) is 12.8.